The van der Waals surface area contributed by atoms with Crippen LogP contribution in [0, 0.1) is 11.3 Å². The highest BCUT2D eigenvalue weighted by atomic mass is 35.5. The molecule has 4 aromatic rings. The summed E-state index contributed by atoms with van der Waals surface area (Å²) in [5, 5.41) is 4.15. The Morgan fingerprint density at radius 2 is 2.00 bits per heavy atom. The lowest BCUT2D eigenvalue weighted by Gasteiger charge is -2.33. The van der Waals surface area contributed by atoms with Crippen molar-refractivity contribution in [2.75, 3.05) is 7.11 Å². The molecule has 1 atom stereocenters. The summed E-state index contributed by atoms with van der Waals surface area (Å²) < 4.78 is 17.0. The normalized spacial score (nSPS) is 15.1. The zero-order chi connectivity index (χ0) is 29.0. The van der Waals surface area contributed by atoms with Crippen LogP contribution in [0.15, 0.2) is 70.3 Å². The molecule has 0 radical (unpaired) electrons. The van der Waals surface area contributed by atoms with Crippen LogP contribution in [0.25, 0.3) is 0 Å². The number of hydrogen-bond donors (Lipinski definition) is 1. The molecule has 0 spiro atoms. The number of nitrogens with zero attached hydrogens (tertiary/aromatic N) is 1. The molecule has 1 N–H and O–H groups in total. The molecule has 2 heterocycles. The van der Waals surface area contributed by atoms with Crippen molar-refractivity contribution >= 4 is 40.1 Å². The zero-order valence-electron chi connectivity index (χ0n) is 23.8. The molecule has 6 nitrogen and oxygen atoms in total. The highest BCUT2D eigenvalue weighted by Crippen LogP contribution is 2.45. The molecule has 5 rings (SSSR count). The van der Waals surface area contributed by atoms with Gasteiger partial charge in [-0.25, -0.2) is 4.99 Å². The van der Waals surface area contributed by atoms with E-state index in [1.165, 1.54) is 4.88 Å². The molecule has 0 bridgehead atoms. The van der Waals surface area contributed by atoms with E-state index in [4.69, 9.17) is 30.5 Å². The topological polar surface area (TPSA) is 73.1 Å². The minimum Gasteiger partial charge on any atom is -0.493 e. The van der Waals surface area contributed by atoms with Crippen molar-refractivity contribution in [2.45, 2.75) is 53.2 Å². The summed E-state index contributed by atoms with van der Waals surface area (Å²) in [4.78, 5) is 19.6. The second-order valence-corrected chi connectivity index (χ2v) is 12.8. The van der Waals surface area contributed by atoms with Crippen LogP contribution in [0.4, 0.5) is 5.00 Å². The number of rotatable bonds is 9. The Labute approximate surface area is 250 Å². The van der Waals surface area contributed by atoms with Crippen LogP contribution in [0.1, 0.15) is 64.9 Å². The van der Waals surface area contributed by atoms with Crippen LogP contribution in [0.3, 0.4) is 0 Å². The van der Waals surface area contributed by atoms with Crippen LogP contribution in [-0.4, -0.2) is 19.2 Å². The fourth-order valence-electron chi connectivity index (χ4n) is 5.12. The number of fused-ring (bicyclic) bond motifs is 1. The maximum atomic E-state index is 13.5. The molecule has 8 heteroatoms. The van der Waals surface area contributed by atoms with Crippen LogP contribution in [-0.2, 0) is 26.0 Å². The third kappa shape index (κ3) is 6.85. The summed E-state index contributed by atoms with van der Waals surface area (Å²) in [5.41, 5.74) is 3.75. The number of ether oxygens (including phenoxy) is 2. The van der Waals surface area contributed by atoms with Crippen molar-refractivity contribution < 1.29 is 18.7 Å². The molecule has 0 unspecified atom stereocenters. The average Bonchev–Trinajstić information content (AvgIpc) is 3.61. The molecule has 0 saturated carbocycles. The fraction of sp³-hybridized carbons (Fsp3) is 0.333. The Morgan fingerprint density at radius 3 is 2.71 bits per heavy atom. The largest absolute Gasteiger partial charge is 0.493 e. The van der Waals surface area contributed by atoms with Gasteiger partial charge in [0.05, 0.1) is 30.5 Å². The molecule has 0 saturated heterocycles. The van der Waals surface area contributed by atoms with Crippen molar-refractivity contribution in [3.05, 3.63) is 98.8 Å². The number of aliphatic imine (C=N–C) groups is 1. The summed E-state index contributed by atoms with van der Waals surface area (Å²) in [6.07, 6.45) is 6.20. The number of methoxy groups -OCH3 is 1. The lowest BCUT2D eigenvalue weighted by atomic mass is 9.72. The minimum atomic E-state index is -0.138. The van der Waals surface area contributed by atoms with E-state index in [1.54, 1.807) is 37.0 Å². The molecule has 1 aliphatic carbocycles. The number of benzene rings is 2. The Balaban J connectivity index is 1.42. The van der Waals surface area contributed by atoms with Gasteiger partial charge in [0.1, 0.15) is 17.4 Å². The van der Waals surface area contributed by atoms with Gasteiger partial charge < -0.3 is 19.2 Å². The first-order valence-electron chi connectivity index (χ1n) is 13.8. The van der Waals surface area contributed by atoms with E-state index in [0.717, 1.165) is 36.0 Å². The van der Waals surface area contributed by atoms with Gasteiger partial charge in [0.15, 0.2) is 11.5 Å². The van der Waals surface area contributed by atoms with E-state index in [9.17, 15) is 4.79 Å². The molecule has 41 heavy (non-hydrogen) atoms. The van der Waals surface area contributed by atoms with E-state index in [1.807, 2.05) is 48.5 Å². The van der Waals surface area contributed by atoms with Gasteiger partial charge in [-0.15, -0.1) is 11.3 Å². The second kappa shape index (κ2) is 12.5. The van der Waals surface area contributed by atoms with Gasteiger partial charge in [0, 0.05) is 11.1 Å². The lowest BCUT2D eigenvalue weighted by molar-refractivity contribution is 0.0947. The number of carbonyl (C=O) groups is 1. The summed E-state index contributed by atoms with van der Waals surface area (Å²) in [5.74, 6) is 2.12. The average molecular weight is 591 g/mol. The Hall–Kier alpha value is -3.55. The van der Waals surface area contributed by atoms with Gasteiger partial charge in [-0.05, 0) is 71.6 Å². The van der Waals surface area contributed by atoms with Crippen LogP contribution in [0.5, 0.6) is 11.5 Å². The van der Waals surface area contributed by atoms with Gasteiger partial charge in [0.2, 0.25) is 0 Å². The van der Waals surface area contributed by atoms with Crippen molar-refractivity contribution in [3.8, 4) is 11.5 Å². The predicted octanol–water partition coefficient (Wildman–Crippen LogP) is 8.41. The quantitative estimate of drug-likeness (QED) is 0.199. The first-order valence-corrected chi connectivity index (χ1v) is 15.0. The Bertz CT molecular complexity index is 1520. The molecule has 0 fully saturated rings. The van der Waals surface area contributed by atoms with Gasteiger partial charge in [-0.1, -0.05) is 62.7 Å². The van der Waals surface area contributed by atoms with E-state index < -0.39 is 0 Å². The number of hydrogen-bond acceptors (Lipinski definition) is 6. The fourth-order valence-corrected chi connectivity index (χ4v) is 6.66. The van der Waals surface area contributed by atoms with Gasteiger partial charge in [0.25, 0.3) is 5.91 Å². The summed E-state index contributed by atoms with van der Waals surface area (Å²) in [6, 6.07) is 17.2. The van der Waals surface area contributed by atoms with Crippen molar-refractivity contribution in [2.24, 2.45) is 16.3 Å². The second-order valence-electron chi connectivity index (χ2n) is 11.3. The van der Waals surface area contributed by atoms with E-state index in [0.29, 0.717) is 51.9 Å². The van der Waals surface area contributed by atoms with E-state index in [2.05, 4.69) is 26.1 Å². The van der Waals surface area contributed by atoms with E-state index in [-0.39, 0.29) is 11.3 Å². The van der Waals surface area contributed by atoms with Gasteiger partial charge >= 0.3 is 0 Å². The number of halogens is 1. The molecule has 1 aliphatic rings. The van der Waals surface area contributed by atoms with Crippen LogP contribution < -0.4 is 14.8 Å². The van der Waals surface area contributed by atoms with Crippen molar-refractivity contribution in [3.63, 3.8) is 0 Å². The summed E-state index contributed by atoms with van der Waals surface area (Å²) in [7, 11) is 1.59. The highest BCUT2D eigenvalue weighted by Gasteiger charge is 2.33. The Kier molecular flexibility index (Phi) is 8.85. The minimum absolute atomic E-state index is 0.138. The molecular weight excluding hydrogens is 556 g/mol. The van der Waals surface area contributed by atoms with E-state index >= 15 is 0 Å². The van der Waals surface area contributed by atoms with Gasteiger partial charge in [-0.2, -0.15) is 0 Å². The smallest absolute Gasteiger partial charge is 0.255 e. The maximum Gasteiger partial charge on any atom is 0.255 e. The first-order chi connectivity index (χ1) is 19.7. The number of carbonyl (C=O) groups excluding carboxylic acids is 1. The molecular formula is C33H35ClN2O4S. The van der Waals surface area contributed by atoms with Crippen molar-refractivity contribution in [1.29, 1.82) is 0 Å². The zero-order valence-corrected chi connectivity index (χ0v) is 25.4. The first kappa shape index (κ1) is 29.0. The van der Waals surface area contributed by atoms with Crippen LogP contribution >= 0.6 is 22.9 Å². The monoisotopic (exact) mass is 590 g/mol. The molecule has 2 aromatic carbocycles. The van der Waals surface area contributed by atoms with Crippen LogP contribution in [0.2, 0.25) is 5.02 Å². The number of furan rings is 1. The third-order valence-electron chi connectivity index (χ3n) is 7.51. The molecule has 1 amide bonds. The lowest BCUT2D eigenvalue weighted by Crippen LogP contribution is -2.28. The SMILES string of the molecule is COc1cc(C=Nc2sc3c(c2C(=O)NCc2ccco2)CC[C@H](C(C)(C)C)C3)cc(Cl)c1OCc1ccccc1. The predicted molar refractivity (Wildman–Crippen MR) is 165 cm³/mol. The third-order valence-corrected chi connectivity index (χ3v) is 8.95. The molecule has 0 aliphatic heterocycles. The highest BCUT2D eigenvalue weighted by molar-refractivity contribution is 7.16. The maximum absolute atomic E-state index is 13.5. The standard InChI is InChI=1S/C33H35ClN2O4S/c1-33(2,3)23-12-13-25-28(17-23)41-32(29(25)31(37)35-19-24-11-8-14-39-24)36-18-22-15-26(34)30(27(16-22)38-4)40-20-21-9-6-5-7-10-21/h5-11,14-16,18,23H,12-13,17,19-20H2,1-4H3,(H,35,37)/t23-/m0/s1. The number of amides is 1. The van der Waals surface area contributed by atoms with Crippen molar-refractivity contribution in [1.82, 2.24) is 5.32 Å². The Morgan fingerprint density at radius 1 is 1.20 bits per heavy atom. The van der Waals surface area contributed by atoms with Gasteiger partial charge in [-0.3, -0.25) is 4.79 Å². The number of nitrogens with one attached hydrogen (secondary N) is 1. The molecule has 2 aromatic heterocycles. The molecule has 214 valence electrons. The number of thiophene rings is 1. The summed E-state index contributed by atoms with van der Waals surface area (Å²) in [6.45, 7) is 7.56. The summed E-state index contributed by atoms with van der Waals surface area (Å²) >= 11 is 8.24.